The maximum atomic E-state index is 13.3. The standard InChI is InChI=1S/C29H38N2O3/c1-22-11-9-12-23(2)28(22)30-27(32)21-31(19-24-13-5-3-6-14-24)18-10-15-25(20-31)29(33)34-26-16-7-4-8-17-26/h3,5-6,9,11-14,25-26H,4,7-8,10,15-21H2,1-2H3/p+1. The van der Waals surface area contributed by atoms with Crippen molar-refractivity contribution < 1.29 is 18.8 Å². The minimum atomic E-state index is -0.146. The smallest absolute Gasteiger partial charge is 0.314 e. The number of anilines is 1. The number of likely N-dealkylation sites (tertiary alicyclic amines) is 1. The number of hydrogen-bond donors (Lipinski definition) is 1. The Labute approximate surface area is 204 Å². The average molecular weight is 464 g/mol. The molecule has 5 heteroatoms. The van der Waals surface area contributed by atoms with E-state index in [0.717, 1.165) is 68.4 Å². The van der Waals surface area contributed by atoms with Gasteiger partial charge in [0.25, 0.3) is 5.91 Å². The number of benzene rings is 2. The Bertz CT molecular complexity index is 964. The van der Waals surface area contributed by atoms with E-state index in [2.05, 4.69) is 17.4 Å². The Balaban J connectivity index is 1.50. The zero-order valence-corrected chi connectivity index (χ0v) is 20.7. The maximum Gasteiger partial charge on any atom is 0.314 e. The van der Waals surface area contributed by atoms with E-state index in [1.807, 2.05) is 50.2 Å². The molecule has 2 aliphatic rings. The first-order chi connectivity index (χ1) is 16.4. The summed E-state index contributed by atoms with van der Waals surface area (Å²) in [5.41, 5.74) is 4.23. The summed E-state index contributed by atoms with van der Waals surface area (Å²) in [4.78, 5) is 26.5. The van der Waals surface area contributed by atoms with Crippen molar-refractivity contribution in [3.05, 3.63) is 65.2 Å². The second kappa shape index (κ2) is 11.2. The van der Waals surface area contributed by atoms with Crippen molar-refractivity contribution in [1.82, 2.24) is 0 Å². The third kappa shape index (κ3) is 6.26. The monoisotopic (exact) mass is 463 g/mol. The van der Waals surface area contributed by atoms with Gasteiger partial charge in [-0.15, -0.1) is 0 Å². The van der Waals surface area contributed by atoms with Crippen LogP contribution in [0.25, 0.3) is 0 Å². The normalized spacial score (nSPS) is 23.3. The van der Waals surface area contributed by atoms with E-state index in [9.17, 15) is 9.59 Å². The van der Waals surface area contributed by atoms with Crippen LogP contribution in [-0.2, 0) is 20.9 Å². The highest BCUT2D eigenvalue weighted by molar-refractivity contribution is 5.93. The summed E-state index contributed by atoms with van der Waals surface area (Å²) >= 11 is 0. The topological polar surface area (TPSA) is 55.4 Å². The van der Waals surface area contributed by atoms with Gasteiger partial charge in [-0.2, -0.15) is 0 Å². The Hall–Kier alpha value is -2.66. The lowest BCUT2D eigenvalue weighted by Gasteiger charge is -2.43. The number of nitrogens with zero attached hydrogens (tertiary/aromatic N) is 1. The van der Waals surface area contributed by atoms with Crippen molar-refractivity contribution in [1.29, 1.82) is 0 Å². The van der Waals surface area contributed by atoms with Gasteiger partial charge in [0.1, 0.15) is 18.6 Å². The lowest BCUT2D eigenvalue weighted by Crippen LogP contribution is -2.58. The number of carbonyl (C=O) groups is 2. The summed E-state index contributed by atoms with van der Waals surface area (Å²) in [6, 6.07) is 16.4. The van der Waals surface area contributed by atoms with Crippen LogP contribution in [0.2, 0.25) is 0 Å². The van der Waals surface area contributed by atoms with Crippen molar-refractivity contribution >= 4 is 17.6 Å². The highest BCUT2D eigenvalue weighted by Crippen LogP contribution is 2.30. The molecular formula is C29H39N2O3+. The lowest BCUT2D eigenvalue weighted by atomic mass is 9.93. The van der Waals surface area contributed by atoms with Crippen molar-refractivity contribution in [2.45, 2.75) is 71.4 Å². The van der Waals surface area contributed by atoms with Crippen LogP contribution in [0.3, 0.4) is 0 Å². The molecular weight excluding hydrogens is 424 g/mol. The van der Waals surface area contributed by atoms with Crippen LogP contribution in [0, 0.1) is 19.8 Å². The van der Waals surface area contributed by atoms with Gasteiger partial charge in [-0.1, -0.05) is 55.0 Å². The minimum absolute atomic E-state index is 0.00892. The molecule has 2 aromatic rings. The highest BCUT2D eigenvalue weighted by Gasteiger charge is 2.41. The van der Waals surface area contributed by atoms with Crippen molar-refractivity contribution in [3.63, 3.8) is 0 Å². The molecule has 1 saturated heterocycles. The fraction of sp³-hybridized carbons (Fsp3) is 0.517. The number of hydrogen-bond acceptors (Lipinski definition) is 3. The van der Waals surface area contributed by atoms with Gasteiger partial charge in [-0.3, -0.25) is 9.59 Å². The minimum Gasteiger partial charge on any atom is -0.462 e. The molecule has 0 aromatic heterocycles. The Morgan fingerprint density at radius 2 is 1.62 bits per heavy atom. The molecule has 1 aliphatic carbocycles. The van der Waals surface area contributed by atoms with Crippen LogP contribution in [0.5, 0.6) is 0 Å². The number of piperidine rings is 1. The number of carbonyl (C=O) groups excluding carboxylic acids is 2. The van der Waals surface area contributed by atoms with Gasteiger partial charge in [0, 0.05) is 11.3 Å². The summed E-state index contributed by atoms with van der Waals surface area (Å²) in [6.07, 6.45) is 7.36. The Kier molecular flexibility index (Phi) is 8.04. The first-order valence-corrected chi connectivity index (χ1v) is 12.9. The van der Waals surface area contributed by atoms with Crippen LogP contribution >= 0.6 is 0 Å². The van der Waals surface area contributed by atoms with E-state index in [4.69, 9.17) is 4.74 Å². The molecule has 0 spiro atoms. The molecule has 1 heterocycles. The van der Waals surface area contributed by atoms with Crippen LogP contribution < -0.4 is 5.32 Å². The zero-order valence-electron chi connectivity index (χ0n) is 20.7. The van der Waals surface area contributed by atoms with Crippen LogP contribution in [0.4, 0.5) is 5.69 Å². The molecule has 1 aliphatic heterocycles. The predicted octanol–water partition coefficient (Wildman–Crippen LogP) is 5.54. The summed E-state index contributed by atoms with van der Waals surface area (Å²) in [7, 11) is 0. The number of ether oxygens (including phenoxy) is 1. The van der Waals surface area contributed by atoms with E-state index < -0.39 is 0 Å². The van der Waals surface area contributed by atoms with Gasteiger partial charge >= 0.3 is 5.97 Å². The third-order valence-electron chi connectivity index (χ3n) is 7.55. The Morgan fingerprint density at radius 1 is 0.912 bits per heavy atom. The summed E-state index contributed by atoms with van der Waals surface area (Å²) in [5.74, 6) is -0.195. The van der Waals surface area contributed by atoms with Crippen molar-refractivity contribution in [2.75, 3.05) is 25.0 Å². The Morgan fingerprint density at radius 3 is 2.32 bits per heavy atom. The molecule has 5 nitrogen and oxygen atoms in total. The second-order valence-corrected chi connectivity index (χ2v) is 10.4. The zero-order chi connectivity index (χ0) is 24.0. The molecule has 0 radical (unpaired) electrons. The second-order valence-electron chi connectivity index (χ2n) is 10.4. The van der Waals surface area contributed by atoms with E-state index in [1.165, 1.54) is 12.0 Å². The fourth-order valence-electron chi connectivity index (χ4n) is 5.77. The molecule has 4 rings (SSSR count). The molecule has 2 fully saturated rings. The van der Waals surface area contributed by atoms with Gasteiger partial charge < -0.3 is 14.5 Å². The number of quaternary nitrogens is 1. The summed E-state index contributed by atoms with van der Waals surface area (Å²) < 4.78 is 6.55. The van der Waals surface area contributed by atoms with Crippen LogP contribution in [0.1, 0.15) is 61.6 Å². The van der Waals surface area contributed by atoms with Gasteiger partial charge in [-0.25, -0.2) is 0 Å². The predicted molar refractivity (Wildman–Crippen MR) is 135 cm³/mol. The summed E-state index contributed by atoms with van der Waals surface area (Å²) in [5, 5.41) is 3.18. The van der Waals surface area contributed by atoms with Gasteiger partial charge in [0.2, 0.25) is 0 Å². The maximum absolute atomic E-state index is 13.3. The first kappa shape index (κ1) is 24.5. The molecule has 1 N–H and O–H groups in total. The quantitative estimate of drug-likeness (QED) is 0.433. The van der Waals surface area contributed by atoms with Gasteiger partial charge in [0.05, 0.1) is 13.1 Å². The number of nitrogens with one attached hydrogen (secondary N) is 1. The van der Waals surface area contributed by atoms with E-state index in [-0.39, 0.29) is 23.9 Å². The molecule has 2 unspecified atom stereocenters. The molecule has 1 amide bonds. The fourth-order valence-corrected chi connectivity index (χ4v) is 5.77. The number of aryl methyl sites for hydroxylation is 2. The molecule has 2 atom stereocenters. The van der Waals surface area contributed by atoms with Crippen molar-refractivity contribution in [2.24, 2.45) is 5.92 Å². The molecule has 2 aromatic carbocycles. The first-order valence-electron chi connectivity index (χ1n) is 12.9. The van der Waals surface area contributed by atoms with Gasteiger partial charge in [-0.05, 0) is 63.5 Å². The molecule has 34 heavy (non-hydrogen) atoms. The number of amides is 1. The third-order valence-corrected chi connectivity index (χ3v) is 7.55. The van der Waals surface area contributed by atoms with E-state index in [0.29, 0.717) is 17.6 Å². The largest absolute Gasteiger partial charge is 0.462 e. The van der Waals surface area contributed by atoms with E-state index >= 15 is 0 Å². The number of rotatable bonds is 7. The number of para-hydroxylation sites is 1. The average Bonchev–Trinajstić information content (AvgIpc) is 2.83. The molecule has 1 saturated carbocycles. The van der Waals surface area contributed by atoms with E-state index in [1.54, 1.807) is 0 Å². The van der Waals surface area contributed by atoms with Crippen molar-refractivity contribution in [3.8, 4) is 0 Å². The van der Waals surface area contributed by atoms with Crippen LogP contribution in [0.15, 0.2) is 48.5 Å². The summed E-state index contributed by atoms with van der Waals surface area (Å²) in [6.45, 7) is 6.69. The highest BCUT2D eigenvalue weighted by atomic mass is 16.5. The SMILES string of the molecule is Cc1cccc(C)c1NC(=O)C[N+]1(Cc2ccccc2)CCCC(C(=O)OC2CCCCC2)C1. The molecule has 182 valence electrons. The number of esters is 1. The van der Waals surface area contributed by atoms with Gasteiger partial charge in [0.15, 0.2) is 6.54 Å². The molecule has 0 bridgehead atoms. The lowest BCUT2D eigenvalue weighted by molar-refractivity contribution is -0.940. The van der Waals surface area contributed by atoms with Crippen LogP contribution in [-0.4, -0.2) is 42.1 Å².